The molecule has 0 radical (unpaired) electrons. The fraction of sp³-hybridized carbons (Fsp3) is 0.400. The lowest BCUT2D eigenvalue weighted by Gasteiger charge is -2.12. The molecule has 2 N–H and O–H groups in total. The Morgan fingerprint density at radius 1 is 1.62 bits per heavy atom. The van der Waals surface area contributed by atoms with E-state index in [4.69, 9.17) is 5.11 Å². The summed E-state index contributed by atoms with van der Waals surface area (Å²) in [5.74, 6) is -1.34. The normalized spacial score (nSPS) is 12.1. The van der Waals surface area contributed by atoms with E-state index in [-0.39, 0.29) is 5.91 Å². The van der Waals surface area contributed by atoms with Crippen molar-refractivity contribution in [3.8, 4) is 0 Å². The molecule has 1 atom stereocenters. The minimum Gasteiger partial charge on any atom is -0.480 e. The van der Waals surface area contributed by atoms with Crippen LogP contribution in [0, 0.1) is 0 Å². The van der Waals surface area contributed by atoms with E-state index >= 15 is 0 Å². The Balaban J connectivity index is 2.69. The van der Waals surface area contributed by atoms with E-state index in [1.165, 1.54) is 11.3 Å². The lowest BCUT2D eigenvalue weighted by molar-refractivity contribution is -0.139. The summed E-state index contributed by atoms with van der Waals surface area (Å²) in [6.45, 7) is 1.88. The van der Waals surface area contributed by atoms with Crippen LogP contribution in [0.3, 0.4) is 0 Å². The molecule has 16 heavy (non-hydrogen) atoms. The molecule has 0 spiro atoms. The molecule has 0 aromatic carbocycles. The van der Waals surface area contributed by atoms with Gasteiger partial charge in [0.25, 0.3) is 5.91 Å². The SMILES string of the molecule is CCC[C@@H](NC(=O)c1sccc1Br)C(=O)O. The van der Waals surface area contributed by atoms with Crippen molar-refractivity contribution in [3.05, 3.63) is 20.8 Å². The number of nitrogens with one attached hydrogen (secondary N) is 1. The van der Waals surface area contributed by atoms with Crippen LogP contribution < -0.4 is 5.32 Å². The van der Waals surface area contributed by atoms with Crippen LogP contribution in [0.1, 0.15) is 29.4 Å². The Labute approximate surface area is 106 Å². The van der Waals surface area contributed by atoms with Crippen LogP contribution in [0.25, 0.3) is 0 Å². The molecule has 0 saturated carbocycles. The van der Waals surface area contributed by atoms with Crippen molar-refractivity contribution >= 4 is 39.1 Å². The van der Waals surface area contributed by atoms with Crippen LogP contribution in [0.4, 0.5) is 0 Å². The molecule has 0 fully saturated rings. The molecule has 0 aliphatic carbocycles. The quantitative estimate of drug-likeness (QED) is 0.878. The number of carboxylic acids is 1. The zero-order chi connectivity index (χ0) is 12.1. The van der Waals surface area contributed by atoms with Gasteiger partial charge in [-0.2, -0.15) is 0 Å². The highest BCUT2D eigenvalue weighted by Gasteiger charge is 2.21. The maximum atomic E-state index is 11.7. The molecule has 4 nitrogen and oxygen atoms in total. The summed E-state index contributed by atoms with van der Waals surface area (Å²) in [7, 11) is 0. The van der Waals surface area contributed by atoms with Gasteiger partial charge < -0.3 is 10.4 Å². The highest BCUT2D eigenvalue weighted by molar-refractivity contribution is 9.10. The summed E-state index contributed by atoms with van der Waals surface area (Å²) in [6, 6.07) is 0.946. The molecular formula is C10H12BrNO3S. The number of thiophene rings is 1. The monoisotopic (exact) mass is 305 g/mol. The Morgan fingerprint density at radius 2 is 2.31 bits per heavy atom. The van der Waals surface area contributed by atoms with Gasteiger partial charge in [0.1, 0.15) is 10.9 Å². The molecule has 0 bridgehead atoms. The van der Waals surface area contributed by atoms with E-state index in [9.17, 15) is 9.59 Å². The third-order valence-corrected chi connectivity index (χ3v) is 3.84. The first-order chi connectivity index (χ1) is 7.56. The van der Waals surface area contributed by atoms with Crippen molar-refractivity contribution in [2.45, 2.75) is 25.8 Å². The summed E-state index contributed by atoms with van der Waals surface area (Å²) in [5.41, 5.74) is 0. The molecular weight excluding hydrogens is 294 g/mol. The average Bonchev–Trinajstić information content (AvgIpc) is 2.63. The van der Waals surface area contributed by atoms with E-state index in [2.05, 4.69) is 21.2 Å². The zero-order valence-electron chi connectivity index (χ0n) is 8.70. The van der Waals surface area contributed by atoms with Gasteiger partial charge in [0, 0.05) is 4.47 Å². The number of halogens is 1. The number of carboxylic acid groups (broad SMARTS) is 1. The van der Waals surface area contributed by atoms with E-state index < -0.39 is 12.0 Å². The van der Waals surface area contributed by atoms with Crippen LogP contribution in [-0.4, -0.2) is 23.0 Å². The predicted octanol–water partition coefficient (Wildman–Crippen LogP) is 2.49. The second-order valence-electron chi connectivity index (χ2n) is 3.25. The van der Waals surface area contributed by atoms with Crippen LogP contribution in [0.5, 0.6) is 0 Å². The van der Waals surface area contributed by atoms with Gasteiger partial charge in [-0.25, -0.2) is 4.79 Å². The Morgan fingerprint density at radius 3 is 2.75 bits per heavy atom. The molecule has 1 aromatic rings. The number of rotatable bonds is 5. The smallest absolute Gasteiger partial charge is 0.326 e. The lowest BCUT2D eigenvalue weighted by Crippen LogP contribution is -2.40. The summed E-state index contributed by atoms with van der Waals surface area (Å²) in [4.78, 5) is 23.1. The Hall–Kier alpha value is -0.880. The number of hydrogen-bond acceptors (Lipinski definition) is 3. The molecule has 6 heteroatoms. The van der Waals surface area contributed by atoms with Gasteiger partial charge in [-0.05, 0) is 33.8 Å². The fourth-order valence-corrected chi connectivity index (χ4v) is 2.68. The second-order valence-corrected chi connectivity index (χ2v) is 5.02. The minimum atomic E-state index is -0.997. The number of carbonyl (C=O) groups is 2. The standard InChI is InChI=1S/C10H12BrNO3S/c1-2-3-7(10(14)15)12-9(13)8-6(11)4-5-16-8/h4-5,7H,2-3H2,1H3,(H,12,13)(H,14,15)/t7-/m1/s1. The van der Waals surface area contributed by atoms with Crippen LogP contribution in [0.15, 0.2) is 15.9 Å². The number of amides is 1. The first-order valence-corrected chi connectivity index (χ1v) is 6.50. The third kappa shape index (κ3) is 3.31. The average molecular weight is 306 g/mol. The number of aliphatic carboxylic acids is 1. The maximum Gasteiger partial charge on any atom is 0.326 e. The van der Waals surface area contributed by atoms with Gasteiger partial charge in [-0.15, -0.1) is 11.3 Å². The highest BCUT2D eigenvalue weighted by Crippen LogP contribution is 2.22. The highest BCUT2D eigenvalue weighted by atomic mass is 79.9. The first-order valence-electron chi connectivity index (χ1n) is 4.83. The minimum absolute atomic E-state index is 0.345. The van der Waals surface area contributed by atoms with Crippen molar-refractivity contribution in [1.29, 1.82) is 0 Å². The largest absolute Gasteiger partial charge is 0.480 e. The number of carbonyl (C=O) groups excluding carboxylic acids is 1. The van der Waals surface area contributed by atoms with Crippen molar-refractivity contribution in [1.82, 2.24) is 5.32 Å². The fourth-order valence-electron chi connectivity index (χ4n) is 1.23. The van der Waals surface area contributed by atoms with Gasteiger partial charge in [0.15, 0.2) is 0 Å². The van der Waals surface area contributed by atoms with Gasteiger partial charge >= 0.3 is 5.97 Å². The Bertz CT molecular complexity index is 391. The van der Waals surface area contributed by atoms with Crippen molar-refractivity contribution in [3.63, 3.8) is 0 Å². The van der Waals surface area contributed by atoms with Crippen molar-refractivity contribution in [2.75, 3.05) is 0 Å². The topological polar surface area (TPSA) is 66.4 Å². The van der Waals surface area contributed by atoms with Gasteiger partial charge in [-0.1, -0.05) is 13.3 Å². The Kier molecular flexibility index (Phi) is 4.95. The third-order valence-electron chi connectivity index (χ3n) is 2.00. The molecule has 0 saturated heterocycles. The summed E-state index contributed by atoms with van der Waals surface area (Å²) >= 11 is 4.51. The maximum absolute atomic E-state index is 11.7. The van der Waals surface area contributed by atoms with E-state index in [0.717, 1.165) is 0 Å². The molecule has 88 valence electrons. The van der Waals surface area contributed by atoms with Gasteiger partial charge in [0.2, 0.25) is 0 Å². The van der Waals surface area contributed by atoms with E-state index in [1.807, 2.05) is 6.92 Å². The zero-order valence-corrected chi connectivity index (χ0v) is 11.1. The molecule has 0 unspecified atom stereocenters. The molecule has 0 aliphatic rings. The van der Waals surface area contributed by atoms with Crippen LogP contribution in [-0.2, 0) is 4.79 Å². The first kappa shape index (κ1) is 13.2. The molecule has 1 amide bonds. The summed E-state index contributed by atoms with van der Waals surface area (Å²) < 4.78 is 0.690. The number of hydrogen-bond donors (Lipinski definition) is 2. The summed E-state index contributed by atoms with van der Waals surface area (Å²) in [5, 5.41) is 13.2. The van der Waals surface area contributed by atoms with Crippen LogP contribution in [0.2, 0.25) is 0 Å². The van der Waals surface area contributed by atoms with Crippen LogP contribution >= 0.6 is 27.3 Å². The lowest BCUT2D eigenvalue weighted by atomic mass is 10.1. The van der Waals surface area contributed by atoms with Crippen molar-refractivity contribution in [2.24, 2.45) is 0 Å². The predicted molar refractivity (Wildman–Crippen MR) is 65.8 cm³/mol. The molecule has 1 rings (SSSR count). The van der Waals surface area contributed by atoms with Crippen molar-refractivity contribution < 1.29 is 14.7 Å². The summed E-state index contributed by atoms with van der Waals surface area (Å²) in [6.07, 6.45) is 1.15. The van der Waals surface area contributed by atoms with Gasteiger partial charge in [0.05, 0.1) is 0 Å². The molecule has 1 aromatic heterocycles. The van der Waals surface area contributed by atoms with E-state index in [1.54, 1.807) is 11.4 Å². The van der Waals surface area contributed by atoms with Gasteiger partial charge in [-0.3, -0.25) is 4.79 Å². The van der Waals surface area contributed by atoms with E-state index in [0.29, 0.717) is 22.2 Å². The molecule has 0 aliphatic heterocycles. The molecule has 1 heterocycles. The second kappa shape index (κ2) is 6.00.